The van der Waals surface area contributed by atoms with Gasteiger partial charge in [-0.3, -0.25) is 4.90 Å². The van der Waals surface area contributed by atoms with Crippen LogP contribution in [0.1, 0.15) is 39.0 Å². The third kappa shape index (κ3) is 1.72. The Labute approximate surface area is 93.4 Å². The van der Waals surface area contributed by atoms with Crippen LogP contribution >= 0.6 is 0 Å². The van der Waals surface area contributed by atoms with E-state index in [0.29, 0.717) is 0 Å². The Morgan fingerprint density at radius 1 is 1.20 bits per heavy atom. The maximum absolute atomic E-state index is 3.52. The molecular weight excluding hydrogens is 184 g/mol. The minimum Gasteiger partial charge on any atom is -0.317 e. The monoisotopic (exact) mass is 208 g/mol. The van der Waals surface area contributed by atoms with Crippen molar-refractivity contribution >= 4 is 0 Å². The largest absolute Gasteiger partial charge is 0.317 e. The van der Waals surface area contributed by atoms with Crippen LogP contribution in [-0.4, -0.2) is 36.6 Å². The molecule has 2 bridgehead atoms. The molecule has 86 valence electrons. The maximum atomic E-state index is 3.52. The molecule has 15 heavy (non-hydrogen) atoms. The van der Waals surface area contributed by atoms with Gasteiger partial charge in [-0.2, -0.15) is 0 Å². The van der Waals surface area contributed by atoms with E-state index in [1.54, 1.807) is 0 Å². The van der Waals surface area contributed by atoms with Gasteiger partial charge >= 0.3 is 0 Å². The molecule has 2 heteroatoms. The number of hydrogen-bond donors (Lipinski definition) is 1. The van der Waals surface area contributed by atoms with Crippen molar-refractivity contribution in [1.82, 2.24) is 10.2 Å². The molecule has 2 aliphatic carbocycles. The van der Waals surface area contributed by atoms with Gasteiger partial charge in [0.2, 0.25) is 0 Å². The van der Waals surface area contributed by atoms with Crippen LogP contribution in [0.2, 0.25) is 0 Å². The van der Waals surface area contributed by atoms with E-state index < -0.39 is 0 Å². The Balaban J connectivity index is 1.54. The van der Waals surface area contributed by atoms with Gasteiger partial charge in [-0.1, -0.05) is 6.92 Å². The summed E-state index contributed by atoms with van der Waals surface area (Å²) < 4.78 is 0. The molecule has 3 aliphatic rings. The topological polar surface area (TPSA) is 15.3 Å². The van der Waals surface area contributed by atoms with E-state index in [1.165, 1.54) is 45.2 Å². The SMILES string of the molecule is CCNCC1CCC1N1CC2CCC1C2. The highest BCUT2D eigenvalue weighted by Crippen LogP contribution is 2.44. The molecular formula is C13H24N2. The average molecular weight is 208 g/mol. The molecule has 0 amide bonds. The third-order valence-electron chi connectivity index (χ3n) is 4.91. The highest BCUT2D eigenvalue weighted by Gasteiger charge is 2.45. The van der Waals surface area contributed by atoms with Crippen molar-refractivity contribution in [2.45, 2.75) is 51.1 Å². The Hall–Kier alpha value is -0.0800. The summed E-state index contributed by atoms with van der Waals surface area (Å²) in [5.41, 5.74) is 0. The summed E-state index contributed by atoms with van der Waals surface area (Å²) in [7, 11) is 0. The van der Waals surface area contributed by atoms with Crippen LogP contribution < -0.4 is 5.32 Å². The Bertz CT molecular complexity index is 229. The fourth-order valence-corrected chi connectivity index (χ4v) is 3.92. The van der Waals surface area contributed by atoms with Crippen molar-refractivity contribution < 1.29 is 0 Å². The number of hydrogen-bond acceptors (Lipinski definition) is 2. The first-order valence-corrected chi connectivity index (χ1v) is 6.85. The molecule has 3 rings (SSSR count). The second kappa shape index (κ2) is 4.06. The number of nitrogens with one attached hydrogen (secondary N) is 1. The van der Waals surface area contributed by atoms with Gasteiger partial charge in [0.1, 0.15) is 0 Å². The second-order valence-corrected chi connectivity index (χ2v) is 5.74. The highest BCUT2D eigenvalue weighted by atomic mass is 15.2. The standard InChI is InChI=1S/C13H24N2/c1-2-14-8-11-4-6-13(11)15-9-10-3-5-12(15)7-10/h10-14H,2-9H2,1H3. The first kappa shape index (κ1) is 10.1. The zero-order valence-corrected chi connectivity index (χ0v) is 9.91. The van der Waals surface area contributed by atoms with E-state index in [2.05, 4.69) is 17.1 Å². The van der Waals surface area contributed by atoms with E-state index in [-0.39, 0.29) is 0 Å². The lowest BCUT2D eigenvalue weighted by Gasteiger charge is -2.46. The number of fused-ring (bicyclic) bond motifs is 2. The van der Waals surface area contributed by atoms with E-state index in [0.717, 1.165) is 30.5 Å². The van der Waals surface area contributed by atoms with Crippen LogP contribution in [0.15, 0.2) is 0 Å². The summed E-state index contributed by atoms with van der Waals surface area (Å²) in [5.74, 6) is 2.03. The van der Waals surface area contributed by atoms with Crippen LogP contribution in [0.25, 0.3) is 0 Å². The predicted molar refractivity (Wildman–Crippen MR) is 62.9 cm³/mol. The normalized spacial score (nSPS) is 44.6. The van der Waals surface area contributed by atoms with Crippen molar-refractivity contribution in [3.63, 3.8) is 0 Å². The van der Waals surface area contributed by atoms with Crippen molar-refractivity contribution in [2.75, 3.05) is 19.6 Å². The van der Waals surface area contributed by atoms with Gasteiger partial charge in [-0.25, -0.2) is 0 Å². The number of nitrogens with zero attached hydrogens (tertiary/aromatic N) is 1. The molecule has 0 aromatic rings. The lowest BCUT2D eigenvalue weighted by molar-refractivity contribution is 0.0380. The molecule has 3 fully saturated rings. The first-order chi connectivity index (χ1) is 7.38. The molecule has 4 atom stereocenters. The summed E-state index contributed by atoms with van der Waals surface area (Å²) in [6.07, 6.45) is 7.47. The lowest BCUT2D eigenvalue weighted by atomic mass is 9.77. The summed E-state index contributed by atoms with van der Waals surface area (Å²) >= 11 is 0. The van der Waals surface area contributed by atoms with Crippen LogP contribution in [0.5, 0.6) is 0 Å². The van der Waals surface area contributed by atoms with Crippen LogP contribution in [0, 0.1) is 11.8 Å². The van der Waals surface area contributed by atoms with Crippen molar-refractivity contribution in [3.05, 3.63) is 0 Å². The van der Waals surface area contributed by atoms with Crippen molar-refractivity contribution in [3.8, 4) is 0 Å². The van der Waals surface area contributed by atoms with E-state index in [1.807, 2.05) is 0 Å². The molecule has 0 aromatic heterocycles. The van der Waals surface area contributed by atoms with E-state index in [9.17, 15) is 0 Å². The van der Waals surface area contributed by atoms with Crippen molar-refractivity contribution in [2.24, 2.45) is 11.8 Å². The predicted octanol–water partition coefficient (Wildman–Crippen LogP) is 1.86. The molecule has 0 aromatic carbocycles. The molecule has 2 saturated carbocycles. The van der Waals surface area contributed by atoms with Gasteiger partial charge in [-0.15, -0.1) is 0 Å². The van der Waals surface area contributed by atoms with E-state index >= 15 is 0 Å². The fraction of sp³-hybridized carbons (Fsp3) is 1.00. The smallest absolute Gasteiger partial charge is 0.0139 e. The molecule has 2 nitrogen and oxygen atoms in total. The van der Waals surface area contributed by atoms with Gasteiger partial charge in [0.25, 0.3) is 0 Å². The number of rotatable bonds is 4. The van der Waals surface area contributed by atoms with E-state index in [4.69, 9.17) is 0 Å². The van der Waals surface area contributed by atoms with Gasteiger partial charge < -0.3 is 5.32 Å². The third-order valence-corrected chi connectivity index (χ3v) is 4.91. The Morgan fingerprint density at radius 3 is 2.67 bits per heavy atom. The average Bonchev–Trinajstić information content (AvgIpc) is 2.78. The number of piperidine rings is 1. The first-order valence-electron chi connectivity index (χ1n) is 6.85. The minimum atomic E-state index is 0.944. The van der Waals surface area contributed by atoms with Gasteiger partial charge in [0.05, 0.1) is 0 Å². The molecule has 1 saturated heterocycles. The molecule has 1 N–H and O–H groups in total. The zero-order valence-electron chi connectivity index (χ0n) is 9.91. The Kier molecular flexibility index (Phi) is 2.73. The zero-order chi connectivity index (χ0) is 10.3. The van der Waals surface area contributed by atoms with Gasteiger partial charge in [0, 0.05) is 18.6 Å². The molecule has 4 unspecified atom stereocenters. The summed E-state index contributed by atoms with van der Waals surface area (Å²) in [4.78, 5) is 2.86. The lowest BCUT2D eigenvalue weighted by Crippen LogP contribution is -2.53. The van der Waals surface area contributed by atoms with Crippen LogP contribution in [0.4, 0.5) is 0 Å². The minimum absolute atomic E-state index is 0.944. The van der Waals surface area contributed by atoms with Gasteiger partial charge in [-0.05, 0) is 57.0 Å². The summed E-state index contributed by atoms with van der Waals surface area (Å²) in [6.45, 7) is 6.04. The van der Waals surface area contributed by atoms with Gasteiger partial charge in [0.15, 0.2) is 0 Å². The maximum Gasteiger partial charge on any atom is 0.0139 e. The highest BCUT2D eigenvalue weighted by molar-refractivity contribution is 5.00. The quantitative estimate of drug-likeness (QED) is 0.758. The fourth-order valence-electron chi connectivity index (χ4n) is 3.92. The second-order valence-electron chi connectivity index (χ2n) is 5.74. The van der Waals surface area contributed by atoms with Crippen molar-refractivity contribution in [1.29, 1.82) is 0 Å². The number of likely N-dealkylation sites (tertiary alicyclic amines) is 1. The molecule has 1 heterocycles. The van der Waals surface area contributed by atoms with Crippen LogP contribution in [-0.2, 0) is 0 Å². The molecule has 1 aliphatic heterocycles. The Morgan fingerprint density at radius 2 is 2.13 bits per heavy atom. The summed E-state index contributed by atoms with van der Waals surface area (Å²) in [5, 5.41) is 3.52. The summed E-state index contributed by atoms with van der Waals surface area (Å²) in [6, 6.07) is 1.92. The molecule has 0 radical (unpaired) electrons. The van der Waals surface area contributed by atoms with Crippen LogP contribution in [0.3, 0.4) is 0 Å². The molecule has 0 spiro atoms.